The third kappa shape index (κ3) is 3.00. The van der Waals surface area contributed by atoms with E-state index in [1.807, 2.05) is 16.8 Å². The maximum atomic E-state index is 13.8. The minimum atomic E-state index is -3.97. The number of benzene rings is 1. The van der Waals surface area contributed by atoms with E-state index in [1.165, 1.54) is 15.6 Å². The lowest BCUT2D eigenvalue weighted by molar-refractivity contribution is 0.395. The van der Waals surface area contributed by atoms with E-state index >= 15 is 0 Å². The Morgan fingerprint density at radius 1 is 1.24 bits per heavy atom. The smallest absolute Gasteiger partial charge is 0.207 e. The minimum absolute atomic E-state index is 0.0978. The second-order valence-electron chi connectivity index (χ2n) is 4.99. The van der Waals surface area contributed by atoms with Crippen LogP contribution in [-0.4, -0.2) is 18.8 Å². The molecule has 1 fully saturated rings. The number of halogens is 2. The Labute approximate surface area is 125 Å². The second kappa shape index (κ2) is 5.47. The van der Waals surface area contributed by atoms with Crippen molar-refractivity contribution in [2.24, 2.45) is 0 Å². The van der Waals surface area contributed by atoms with Crippen LogP contribution in [0.3, 0.4) is 0 Å². The van der Waals surface area contributed by atoms with Gasteiger partial charge in [0, 0.05) is 18.7 Å². The van der Waals surface area contributed by atoms with Gasteiger partial charge in [0.1, 0.15) is 16.5 Å². The fourth-order valence-corrected chi connectivity index (χ4v) is 4.53. The Morgan fingerprint density at radius 2 is 2.00 bits per heavy atom. The van der Waals surface area contributed by atoms with Crippen LogP contribution in [0, 0.1) is 11.6 Å². The highest BCUT2D eigenvalue weighted by atomic mass is 32.2. The Morgan fingerprint density at radius 3 is 2.57 bits per heavy atom. The topological polar surface area (TPSA) is 37.4 Å². The number of rotatable bonds is 5. The molecule has 112 valence electrons. The molecule has 1 saturated carbocycles. The molecule has 0 spiro atoms. The van der Waals surface area contributed by atoms with Crippen LogP contribution in [0.2, 0.25) is 0 Å². The molecule has 1 aromatic carbocycles. The summed E-state index contributed by atoms with van der Waals surface area (Å²) in [5.74, 6) is -1.84. The van der Waals surface area contributed by atoms with Crippen LogP contribution in [0.1, 0.15) is 18.4 Å². The summed E-state index contributed by atoms with van der Waals surface area (Å²) in [6.45, 7) is 0.216. The van der Waals surface area contributed by atoms with Gasteiger partial charge in [0.15, 0.2) is 0 Å². The Hall–Kier alpha value is -1.31. The summed E-state index contributed by atoms with van der Waals surface area (Å²) in [6, 6.07) is 4.30. The molecule has 0 bridgehead atoms. The van der Waals surface area contributed by atoms with Crippen LogP contribution >= 0.6 is 11.3 Å². The molecule has 0 N–H and O–H groups in total. The Bertz CT molecular complexity index is 740. The Balaban J connectivity index is 1.97. The predicted octanol–water partition coefficient (Wildman–Crippen LogP) is 3.38. The number of thiophene rings is 1. The third-order valence-corrected chi connectivity index (χ3v) is 6.02. The van der Waals surface area contributed by atoms with Crippen molar-refractivity contribution in [3.63, 3.8) is 0 Å². The quantitative estimate of drug-likeness (QED) is 0.843. The molecule has 0 unspecified atom stereocenters. The standard InChI is InChI=1S/C14H13F2NO2S2/c15-11-1-4-14(13(16)7-11)21(18,19)17(12-2-3-12)8-10-5-6-20-9-10/h1,4-7,9,12H,2-3,8H2. The summed E-state index contributed by atoms with van der Waals surface area (Å²) < 4.78 is 53.4. The molecule has 0 amide bonds. The molecule has 3 nitrogen and oxygen atoms in total. The van der Waals surface area contributed by atoms with E-state index in [-0.39, 0.29) is 12.6 Å². The summed E-state index contributed by atoms with van der Waals surface area (Å²) >= 11 is 1.48. The van der Waals surface area contributed by atoms with Gasteiger partial charge in [0.25, 0.3) is 0 Å². The SMILES string of the molecule is O=S(=O)(c1ccc(F)cc1F)N(Cc1ccsc1)C1CC1. The van der Waals surface area contributed by atoms with E-state index in [0.29, 0.717) is 6.07 Å². The first-order valence-corrected chi connectivity index (χ1v) is 8.85. The van der Waals surface area contributed by atoms with E-state index in [1.54, 1.807) is 0 Å². The Kier molecular flexibility index (Phi) is 3.81. The van der Waals surface area contributed by atoms with Crippen molar-refractivity contribution >= 4 is 21.4 Å². The maximum Gasteiger partial charge on any atom is 0.246 e. The summed E-state index contributed by atoms with van der Waals surface area (Å²) in [7, 11) is -3.97. The van der Waals surface area contributed by atoms with Gasteiger partial charge in [-0.25, -0.2) is 17.2 Å². The molecule has 3 rings (SSSR count). The monoisotopic (exact) mass is 329 g/mol. The number of hydrogen-bond acceptors (Lipinski definition) is 3. The second-order valence-corrected chi connectivity index (χ2v) is 7.63. The van der Waals surface area contributed by atoms with Gasteiger partial charge in [-0.15, -0.1) is 0 Å². The van der Waals surface area contributed by atoms with Crippen molar-refractivity contribution in [3.05, 3.63) is 52.2 Å². The highest BCUT2D eigenvalue weighted by Crippen LogP contribution is 2.34. The minimum Gasteiger partial charge on any atom is -0.207 e. The number of nitrogens with zero attached hydrogens (tertiary/aromatic N) is 1. The highest BCUT2D eigenvalue weighted by molar-refractivity contribution is 7.89. The van der Waals surface area contributed by atoms with Gasteiger partial charge in [-0.05, 0) is 47.4 Å². The highest BCUT2D eigenvalue weighted by Gasteiger charge is 2.39. The van der Waals surface area contributed by atoms with Gasteiger partial charge in [0.05, 0.1) is 0 Å². The molecule has 0 aliphatic heterocycles. The molecular formula is C14H13F2NO2S2. The van der Waals surface area contributed by atoms with E-state index in [2.05, 4.69) is 0 Å². The van der Waals surface area contributed by atoms with Gasteiger partial charge in [-0.2, -0.15) is 15.6 Å². The number of sulfonamides is 1. The van der Waals surface area contributed by atoms with Gasteiger partial charge in [-0.3, -0.25) is 0 Å². The van der Waals surface area contributed by atoms with Gasteiger partial charge >= 0.3 is 0 Å². The van der Waals surface area contributed by atoms with Crippen molar-refractivity contribution < 1.29 is 17.2 Å². The van der Waals surface area contributed by atoms with E-state index in [0.717, 1.165) is 30.5 Å². The van der Waals surface area contributed by atoms with E-state index in [9.17, 15) is 17.2 Å². The van der Waals surface area contributed by atoms with Crippen LogP contribution in [-0.2, 0) is 16.6 Å². The number of hydrogen-bond donors (Lipinski definition) is 0. The molecule has 21 heavy (non-hydrogen) atoms. The fourth-order valence-electron chi connectivity index (χ4n) is 2.15. The van der Waals surface area contributed by atoms with Gasteiger partial charge in [0.2, 0.25) is 10.0 Å². The van der Waals surface area contributed by atoms with Gasteiger partial charge < -0.3 is 0 Å². The summed E-state index contributed by atoms with van der Waals surface area (Å²) in [4.78, 5) is -0.467. The first-order chi connectivity index (χ1) is 9.98. The lowest BCUT2D eigenvalue weighted by atomic mass is 10.3. The van der Waals surface area contributed by atoms with Gasteiger partial charge in [-0.1, -0.05) is 0 Å². The van der Waals surface area contributed by atoms with E-state index < -0.39 is 26.6 Å². The summed E-state index contributed by atoms with van der Waals surface area (Å²) in [5, 5.41) is 3.73. The molecule has 1 aliphatic carbocycles. The molecule has 0 radical (unpaired) electrons. The van der Waals surface area contributed by atoms with Crippen molar-refractivity contribution in [3.8, 4) is 0 Å². The molecular weight excluding hydrogens is 316 g/mol. The molecule has 1 aliphatic rings. The zero-order valence-electron chi connectivity index (χ0n) is 11.0. The van der Waals surface area contributed by atoms with Crippen LogP contribution in [0.25, 0.3) is 0 Å². The average molecular weight is 329 g/mol. The van der Waals surface area contributed by atoms with Crippen molar-refractivity contribution in [2.45, 2.75) is 30.3 Å². The van der Waals surface area contributed by atoms with Crippen LogP contribution < -0.4 is 0 Å². The third-order valence-electron chi connectivity index (χ3n) is 3.35. The molecule has 2 aromatic rings. The summed E-state index contributed by atoms with van der Waals surface area (Å²) in [5.41, 5.74) is 0.873. The lowest BCUT2D eigenvalue weighted by Gasteiger charge is -2.21. The first-order valence-electron chi connectivity index (χ1n) is 6.46. The molecule has 0 atom stereocenters. The molecule has 1 aromatic heterocycles. The van der Waals surface area contributed by atoms with Crippen LogP contribution in [0.15, 0.2) is 39.9 Å². The normalized spacial score (nSPS) is 15.6. The largest absolute Gasteiger partial charge is 0.246 e. The van der Waals surface area contributed by atoms with Crippen LogP contribution in [0.5, 0.6) is 0 Å². The first kappa shape index (κ1) is 14.6. The molecule has 7 heteroatoms. The fraction of sp³-hybridized carbons (Fsp3) is 0.286. The van der Waals surface area contributed by atoms with Crippen molar-refractivity contribution in [2.75, 3.05) is 0 Å². The summed E-state index contributed by atoms with van der Waals surface area (Å²) in [6.07, 6.45) is 1.54. The maximum absolute atomic E-state index is 13.8. The lowest BCUT2D eigenvalue weighted by Crippen LogP contribution is -2.33. The van der Waals surface area contributed by atoms with E-state index in [4.69, 9.17) is 0 Å². The molecule has 0 saturated heterocycles. The predicted molar refractivity (Wildman–Crippen MR) is 76.4 cm³/mol. The zero-order valence-corrected chi connectivity index (χ0v) is 12.6. The average Bonchev–Trinajstić information content (AvgIpc) is 3.11. The zero-order chi connectivity index (χ0) is 15.0. The van der Waals surface area contributed by atoms with Crippen molar-refractivity contribution in [1.29, 1.82) is 0 Å². The van der Waals surface area contributed by atoms with Crippen LogP contribution in [0.4, 0.5) is 8.78 Å². The molecule has 1 heterocycles. The van der Waals surface area contributed by atoms with Crippen molar-refractivity contribution in [1.82, 2.24) is 4.31 Å².